The number of non-ortho nitro benzene ring substituents is 1. The third kappa shape index (κ3) is 4.87. The van der Waals surface area contributed by atoms with E-state index in [2.05, 4.69) is 4.72 Å². The molecule has 11 nitrogen and oxygen atoms in total. The number of anilines is 2. The molecule has 1 aliphatic heterocycles. The van der Waals surface area contributed by atoms with Gasteiger partial charge in [0.05, 0.1) is 32.4 Å². The van der Waals surface area contributed by atoms with Crippen LogP contribution >= 0.6 is 0 Å². The Hall–Kier alpha value is -3.81. The molecule has 2 aliphatic rings. The number of carbonyl (C=O) groups excluding carboxylic acids is 1. The monoisotopic (exact) mass is 556 g/mol. The first-order chi connectivity index (χ1) is 18.1. The second kappa shape index (κ2) is 9.82. The SMILES string of the molecule is O=C1c2ccccc2N(S(=O)(=O)c2ccc([N+](=O)[O-])cc2)C(CNS(=O)(=O)C2CC2)CN1c1ccccc1. The molecular formula is C25H24N4O7S2. The highest BCUT2D eigenvalue weighted by Gasteiger charge is 2.42. The predicted octanol–water partition coefficient (Wildman–Crippen LogP) is 2.90. The fraction of sp³-hybridized carbons (Fsp3) is 0.240. The summed E-state index contributed by atoms with van der Waals surface area (Å²) in [5.41, 5.74) is 0.454. The fourth-order valence-corrected chi connectivity index (χ4v) is 7.50. The van der Waals surface area contributed by atoms with Crippen molar-refractivity contribution in [3.63, 3.8) is 0 Å². The number of nitrogens with one attached hydrogen (secondary N) is 1. The molecule has 5 rings (SSSR count). The van der Waals surface area contributed by atoms with Crippen molar-refractivity contribution in [3.05, 3.63) is 94.5 Å². The van der Waals surface area contributed by atoms with Gasteiger partial charge in [-0.2, -0.15) is 0 Å². The van der Waals surface area contributed by atoms with E-state index in [1.165, 1.54) is 17.0 Å². The second-order valence-corrected chi connectivity index (χ2v) is 12.9. The first kappa shape index (κ1) is 25.8. The van der Waals surface area contributed by atoms with Crippen LogP contribution in [0.2, 0.25) is 0 Å². The molecule has 1 unspecified atom stereocenters. The van der Waals surface area contributed by atoms with E-state index in [9.17, 15) is 31.7 Å². The molecule has 198 valence electrons. The van der Waals surface area contributed by atoms with Gasteiger partial charge in [-0.3, -0.25) is 19.2 Å². The van der Waals surface area contributed by atoms with Crippen LogP contribution in [0.4, 0.5) is 17.1 Å². The number of fused-ring (bicyclic) bond motifs is 1. The highest BCUT2D eigenvalue weighted by Crippen LogP contribution is 2.35. The predicted molar refractivity (Wildman–Crippen MR) is 141 cm³/mol. The fourth-order valence-electron chi connectivity index (χ4n) is 4.42. The summed E-state index contributed by atoms with van der Waals surface area (Å²) < 4.78 is 57.1. The molecular weight excluding hydrogens is 532 g/mol. The van der Waals surface area contributed by atoms with Crippen LogP contribution < -0.4 is 13.9 Å². The number of carbonyl (C=O) groups is 1. The lowest BCUT2D eigenvalue weighted by molar-refractivity contribution is -0.384. The molecule has 0 aromatic heterocycles. The molecule has 0 bridgehead atoms. The molecule has 1 N–H and O–H groups in total. The van der Waals surface area contributed by atoms with Gasteiger partial charge in [0, 0.05) is 30.9 Å². The first-order valence-corrected chi connectivity index (χ1v) is 14.8. The van der Waals surface area contributed by atoms with Crippen LogP contribution in [0, 0.1) is 10.1 Å². The molecule has 0 radical (unpaired) electrons. The van der Waals surface area contributed by atoms with Crippen molar-refractivity contribution >= 4 is 43.0 Å². The maximum atomic E-state index is 14.1. The number of para-hydroxylation sites is 2. The van der Waals surface area contributed by atoms with Gasteiger partial charge in [0.1, 0.15) is 0 Å². The molecule has 3 aromatic rings. The Labute approximate surface area is 219 Å². The minimum atomic E-state index is -4.39. The topological polar surface area (TPSA) is 147 Å². The third-order valence-corrected chi connectivity index (χ3v) is 10.3. The van der Waals surface area contributed by atoms with Crippen molar-refractivity contribution in [3.8, 4) is 0 Å². The molecule has 0 saturated heterocycles. The Kier molecular flexibility index (Phi) is 6.67. The van der Waals surface area contributed by atoms with Gasteiger partial charge in [0.2, 0.25) is 10.0 Å². The highest BCUT2D eigenvalue weighted by molar-refractivity contribution is 7.93. The summed E-state index contributed by atoms with van der Waals surface area (Å²) in [4.78, 5) is 25.4. The molecule has 0 spiro atoms. The van der Waals surface area contributed by atoms with E-state index in [-0.39, 0.29) is 34.9 Å². The first-order valence-electron chi connectivity index (χ1n) is 11.8. The van der Waals surface area contributed by atoms with Gasteiger partial charge in [-0.1, -0.05) is 30.3 Å². The molecule has 1 atom stereocenters. The average Bonchev–Trinajstić information content (AvgIpc) is 3.77. The Morgan fingerprint density at radius 1 is 0.895 bits per heavy atom. The van der Waals surface area contributed by atoms with Gasteiger partial charge < -0.3 is 4.90 Å². The number of benzene rings is 3. The van der Waals surface area contributed by atoms with E-state index >= 15 is 0 Å². The van der Waals surface area contributed by atoms with Gasteiger partial charge in [-0.25, -0.2) is 21.6 Å². The summed E-state index contributed by atoms with van der Waals surface area (Å²) in [5, 5.41) is 10.6. The minimum absolute atomic E-state index is 0.0879. The number of hydrogen-bond acceptors (Lipinski definition) is 7. The number of sulfonamides is 2. The lowest BCUT2D eigenvalue weighted by Gasteiger charge is -2.33. The van der Waals surface area contributed by atoms with Crippen molar-refractivity contribution in [1.29, 1.82) is 0 Å². The van der Waals surface area contributed by atoms with E-state index in [4.69, 9.17) is 0 Å². The van der Waals surface area contributed by atoms with Gasteiger partial charge in [-0.05, 0) is 49.2 Å². The molecule has 1 fully saturated rings. The van der Waals surface area contributed by atoms with Gasteiger partial charge in [0.15, 0.2) is 0 Å². The van der Waals surface area contributed by atoms with Crippen molar-refractivity contribution in [2.75, 3.05) is 22.3 Å². The summed E-state index contributed by atoms with van der Waals surface area (Å²) in [5.74, 6) is -0.441. The zero-order valence-electron chi connectivity index (χ0n) is 20.0. The van der Waals surface area contributed by atoms with Crippen molar-refractivity contribution in [1.82, 2.24) is 4.72 Å². The van der Waals surface area contributed by atoms with Crippen LogP contribution in [0.3, 0.4) is 0 Å². The van der Waals surface area contributed by atoms with E-state index in [1.54, 1.807) is 42.5 Å². The van der Waals surface area contributed by atoms with Gasteiger partial charge in [-0.15, -0.1) is 0 Å². The largest absolute Gasteiger partial charge is 0.306 e. The molecule has 38 heavy (non-hydrogen) atoms. The Balaban J connectivity index is 1.64. The molecule has 1 amide bonds. The maximum absolute atomic E-state index is 14.1. The summed E-state index contributed by atoms with van der Waals surface area (Å²) in [6.45, 7) is -0.424. The van der Waals surface area contributed by atoms with E-state index in [1.807, 2.05) is 0 Å². The molecule has 1 saturated carbocycles. The number of amides is 1. The molecule has 1 heterocycles. The Bertz CT molecular complexity index is 1590. The third-order valence-electron chi connectivity index (χ3n) is 6.50. The van der Waals surface area contributed by atoms with Crippen molar-refractivity contribution in [2.24, 2.45) is 0 Å². The van der Waals surface area contributed by atoms with Crippen LogP contribution in [-0.2, 0) is 20.0 Å². The van der Waals surface area contributed by atoms with Crippen molar-refractivity contribution < 1.29 is 26.6 Å². The van der Waals surface area contributed by atoms with Crippen LogP contribution in [0.25, 0.3) is 0 Å². The quantitative estimate of drug-likeness (QED) is 0.331. The minimum Gasteiger partial charge on any atom is -0.306 e. The normalized spacial score (nSPS) is 18.1. The summed E-state index contributed by atoms with van der Waals surface area (Å²) in [6, 6.07) is 18.3. The molecule has 1 aliphatic carbocycles. The lowest BCUT2D eigenvalue weighted by atomic mass is 10.1. The van der Waals surface area contributed by atoms with Crippen LogP contribution in [0.1, 0.15) is 23.2 Å². The van der Waals surface area contributed by atoms with Crippen LogP contribution in [0.5, 0.6) is 0 Å². The van der Waals surface area contributed by atoms with Gasteiger partial charge in [0.25, 0.3) is 21.6 Å². The molecule has 13 heteroatoms. The summed E-state index contributed by atoms with van der Waals surface area (Å²) in [6.07, 6.45) is 1.06. The van der Waals surface area contributed by atoms with E-state index < -0.39 is 42.2 Å². The molecule has 3 aromatic carbocycles. The average molecular weight is 557 g/mol. The van der Waals surface area contributed by atoms with E-state index in [0.29, 0.717) is 18.5 Å². The van der Waals surface area contributed by atoms with Crippen molar-refractivity contribution in [2.45, 2.75) is 29.0 Å². The number of nitro benzene ring substituents is 1. The lowest BCUT2D eigenvalue weighted by Crippen LogP contribution is -2.52. The maximum Gasteiger partial charge on any atom is 0.269 e. The number of nitro groups is 1. The second-order valence-electron chi connectivity index (χ2n) is 9.07. The standard InChI is InChI=1S/C25H24N4O7S2/c30-25-23-8-4-5-9-24(23)28(38(35,36)22-12-10-19(11-13-22)29(31)32)20(16-26-37(33,34)21-14-15-21)17-27(25)18-6-2-1-3-7-18/h1-13,20-21,26H,14-17H2. The summed E-state index contributed by atoms with van der Waals surface area (Å²) in [7, 11) is -8.06. The zero-order valence-corrected chi connectivity index (χ0v) is 21.6. The zero-order chi connectivity index (χ0) is 27.1. The number of rotatable bonds is 8. The number of hydrogen-bond donors (Lipinski definition) is 1. The van der Waals surface area contributed by atoms with Gasteiger partial charge >= 0.3 is 0 Å². The Morgan fingerprint density at radius 3 is 2.16 bits per heavy atom. The summed E-state index contributed by atoms with van der Waals surface area (Å²) >= 11 is 0. The van der Waals surface area contributed by atoms with Crippen LogP contribution in [0.15, 0.2) is 83.8 Å². The Morgan fingerprint density at radius 2 is 1.53 bits per heavy atom. The van der Waals surface area contributed by atoms with Crippen LogP contribution in [-0.4, -0.2) is 52.0 Å². The smallest absolute Gasteiger partial charge is 0.269 e. The number of nitrogens with zero attached hydrogens (tertiary/aromatic N) is 3. The van der Waals surface area contributed by atoms with E-state index in [0.717, 1.165) is 28.6 Å². The highest BCUT2D eigenvalue weighted by atomic mass is 32.2.